The Kier molecular flexibility index (Phi) is 6.64. The summed E-state index contributed by atoms with van der Waals surface area (Å²) in [4.78, 5) is 0. The van der Waals surface area contributed by atoms with E-state index in [2.05, 4.69) is 5.32 Å². The van der Waals surface area contributed by atoms with Crippen LogP contribution in [0.25, 0.3) is 0 Å². The fourth-order valence-corrected chi connectivity index (χ4v) is 1.64. The Bertz CT molecular complexity index is 360. The van der Waals surface area contributed by atoms with E-state index in [0.29, 0.717) is 25.3 Å². The van der Waals surface area contributed by atoms with E-state index in [4.69, 9.17) is 14.9 Å². The molecule has 1 aromatic rings. The summed E-state index contributed by atoms with van der Waals surface area (Å²) in [5, 5.41) is 20.8. The highest BCUT2D eigenvalue weighted by Gasteiger charge is 2.10. The maximum atomic E-state index is 13.5. The third-order valence-electron chi connectivity index (χ3n) is 2.60. The first kappa shape index (κ1) is 14.9. The summed E-state index contributed by atoms with van der Waals surface area (Å²) in [5.74, 6) is -0.479. The van der Waals surface area contributed by atoms with Crippen LogP contribution in [0.3, 0.4) is 0 Å². The fraction of sp³-hybridized carbons (Fsp3) is 0.538. The summed E-state index contributed by atoms with van der Waals surface area (Å²) in [6.45, 7) is 3.51. The van der Waals surface area contributed by atoms with Crippen LogP contribution in [0.5, 0.6) is 5.75 Å². The van der Waals surface area contributed by atoms with Crippen molar-refractivity contribution in [3.63, 3.8) is 0 Å². The topological polar surface area (TPSA) is 61.7 Å². The summed E-state index contributed by atoms with van der Waals surface area (Å²) in [6, 6.07) is 4.03. The summed E-state index contributed by atoms with van der Waals surface area (Å²) in [6.07, 6.45) is 0.796. The van der Waals surface area contributed by atoms with E-state index in [1.165, 1.54) is 6.07 Å². The van der Waals surface area contributed by atoms with E-state index < -0.39 is 5.82 Å². The van der Waals surface area contributed by atoms with Gasteiger partial charge >= 0.3 is 0 Å². The van der Waals surface area contributed by atoms with Crippen LogP contribution in [-0.2, 0) is 4.74 Å². The third-order valence-corrected chi connectivity index (χ3v) is 2.60. The van der Waals surface area contributed by atoms with Gasteiger partial charge in [0, 0.05) is 24.3 Å². The van der Waals surface area contributed by atoms with Crippen LogP contribution in [0.4, 0.5) is 4.39 Å². The zero-order valence-electron chi connectivity index (χ0n) is 10.5. The number of ether oxygens (including phenoxy) is 1. The minimum Gasteiger partial charge on any atom is -0.508 e. The highest BCUT2D eigenvalue weighted by Crippen LogP contribution is 2.20. The molecule has 18 heavy (non-hydrogen) atoms. The molecule has 0 aliphatic rings. The number of hydrogen-bond acceptors (Lipinski definition) is 4. The first-order valence-corrected chi connectivity index (χ1v) is 6.05. The van der Waals surface area contributed by atoms with Gasteiger partial charge in [-0.15, -0.1) is 0 Å². The summed E-state index contributed by atoms with van der Waals surface area (Å²) in [7, 11) is 0. The molecule has 0 amide bonds. The molecular formula is C13H20FNO3. The number of halogens is 1. The maximum absolute atomic E-state index is 13.5. The number of nitrogens with one attached hydrogen (secondary N) is 1. The summed E-state index contributed by atoms with van der Waals surface area (Å²) >= 11 is 0. The molecule has 1 atom stereocenters. The van der Waals surface area contributed by atoms with Gasteiger partial charge in [0.2, 0.25) is 0 Å². The van der Waals surface area contributed by atoms with Crippen molar-refractivity contribution >= 4 is 0 Å². The van der Waals surface area contributed by atoms with Crippen LogP contribution < -0.4 is 5.32 Å². The first-order valence-electron chi connectivity index (χ1n) is 6.05. The minimum atomic E-state index is -0.411. The lowest BCUT2D eigenvalue weighted by Crippen LogP contribution is -2.22. The molecule has 4 nitrogen and oxygen atoms in total. The summed E-state index contributed by atoms with van der Waals surface area (Å²) in [5.41, 5.74) is 0.532. The Morgan fingerprint density at radius 3 is 2.83 bits per heavy atom. The Balaban J connectivity index is 2.29. The number of aliphatic hydroxyl groups is 1. The van der Waals surface area contributed by atoms with Crippen molar-refractivity contribution in [2.75, 3.05) is 26.4 Å². The standard InChI is InChI=1S/C13H20FNO3/c1-10(15-5-2-7-18-8-6-16)12-4-3-11(17)9-13(12)14/h3-4,9-10,15-17H,2,5-8H2,1H3. The van der Waals surface area contributed by atoms with Gasteiger partial charge in [-0.05, 0) is 26.0 Å². The molecule has 0 fully saturated rings. The van der Waals surface area contributed by atoms with E-state index in [-0.39, 0.29) is 18.4 Å². The van der Waals surface area contributed by atoms with Crippen molar-refractivity contribution in [2.24, 2.45) is 0 Å². The normalized spacial score (nSPS) is 12.6. The Labute approximate surface area is 106 Å². The number of aromatic hydroxyl groups is 1. The first-order chi connectivity index (χ1) is 8.65. The molecule has 0 saturated carbocycles. The molecule has 5 heteroatoms. The van der Waals surface area contributed by atoms with Crippen LogP contribution in [0, 0.1) is 5.82 Å². The monoisotopic (exact) mass is 257 g/mol. The lowest BCUT2D eigenvalue weighted by atomic mass is 10.1. The SMILES string of the molecule is CC(NCCCOCCO)c1ccc(O)cc1F. The highest BCUT2D eigenvalue weighted by atomic mass is 19.1. The molecular weight excluding hydrogens is 237 g/mol. The molecule has 1 rings (SSSR count). The van der Waals surface area contributed by atoms with E-state index in [1.807, 2.05) is 6.92 Å². The quantitative estimate of drug-likeness (QED) is 0.619. The highest BCUT2D eigenvalue weighted by molar-refractivity contribution is 5.29. The van der Waals surface area contributed by atoms with Gasteiger partial charge in [0.1, 0.15) is 11.6 Å². The van der Waals surface area contributed by atoms with Crippen LogP contribution in [-0.4, -0.2) is 36.6 Å². The van der Waals surface area contributed by atoms with E-state index in [0.717, 1.165) is 12.5 Å². The molecule has 0 heterocycles. The Morgan fingerprint density at radius 1 is 1.39 bits per heavy atom. The predicted molar refractivity (Wildman–Crippen MR) is 67.0 cm³/mol. The largest absolute Gasteiger partial charge is 0.508 e. The van der Waals surface area contributed by atoms with Gasteiger partial charge in [-0.2, -0.15) is 0 Å². The number of benzene rings is 1. The van der Waals surface area contributed by atoms with Crippen molar-refractivity contribution < 1.29 is 19.3 Å². The van der Waals surface area contributed by atoms with Crippen molar-refractivity contribution in [2.45, 2.75) is 19.4 Å². The molecule has 1 aromatic carbocycles. The van der Waals surface area contributed by atoms with Gasteiger partial charge in [-0.3, -0.25) is 0 Å². The second-order valence-electron chi connectivity index (χ2n) is 4.07. The van der Waals surface area contributed by atoms with Gasteiger partial charge in [0.25, 0.3) is 0 Å². The zero-order chi connectivity index (χ0) is 13.4. The van der Waals surface area contributed by atoms with Crippen molar-refractivity contribution in [1.82, 2.24) is 5.32 Å². The molecule has 3 N–H and O–H groups in total. The third kappa shape index (κ3) is 5.00. The van der Waals surface area contributed by atoms with Crippen molar-refractivity contribution in [3.05, 3.63) is 29.6 Å². The Hall–Kier alpha value is -1.17. The van der Waals surface area contributed by atoms with Crippen LogP contribution in [0.15, 0.2) is 18.2 Å². The van der Waals surface area contributed by atoms with Crippen LogP contribution in [0.2, 0.25) is 0 Å². The van der Waals surface area contributed by atoms with E-state index in [9.17, 15) is 4.39 Å². The number of phenolic OH excluding ortho intramolecular Hbond substituents is 1. The summed E-state index contributed by atoms with van der Waals surface area (Å²) < 4.78 is 18.6. The predicted octanol–water partition coefficient (Wildman–Crippen LogP) is 1.58. The number of aliphatic hydroxyl groups excluding tert-OH is 1. The molecule has 0 aromatic heterocycles. The molecule has 1 unspecified atom stereocenters. The Morgan fingerprint density at radius 2 is 2.17 bits per heavy atom. The van der Waals surface area contributed by atoms with Crippen molar-refractivity contribution in [3.8, 4) is 5.75 Å². The number of rotatable bonds is 8. The maximum Gasteiger partial charge on any atom is 0.131 e. The molecule has 0 saturated heterocycles. The zero-order valence-corrected chi connectivity index (χ0v) is 10.5. The van der Waals surface area contributed by atoms with E-state index in [1.54, 1.807) is 6.07 Å². The van der Waals surface area contributed by atoms with Crippen molar-refractivity contribution in [1.29, 1.82) is 0 Å². The smallest absolute Gasteiger partial charge is 0.131 e. The van der Waals surface area contributed by atoms with Gasteiger partial charge in [-0.25, -0.2) is 4.39 Å². The number of phenols is 1. The molecule has 102 valence electrons. The average molecular weight is 257 g/mol. The fourth-order valence-electron chi connectivity index (χ4n) is 1.64. The lowest BCUT2D eigenvalue weighted by molar-refractivity contribution is 0.0904. The molecule has 0 radical (unpaired) electrons. The van der Waals surface area contributed by atoms with Gasteiger partial charge in [0.15, 0.2) is 0 Å². The van der Waals surface area contributed by atoms with Gasteiger partial charge < -0.3 is 20.3 Å². The second kappa shape index (κ2) is 8.02. The van der Waals surface area contributed by atoms with Crippen LogP contribution in [0.1, 0.15) is 24.9 Å². The average Bonchev–Trinajstić information content (AvgIpc) is 2.33. The lowest BCUT2D eigenvalue weighted by Gasteiger charge is -2.15. The van der Waals surface area contributed by atoms with Gasteiger partial charge in [-0.1, -0.05) is 6.07 Å². The van der Waals surface area contributed by atoms with E-state index >= 15 is 0 Å². The molecule has 0 spiro atoms. The molecule has 0 aliphatic heterocycles. The second-order valence-corrected chi connectivity index (χ2v) is 4.07. The minimum absolute atomic E-state index is 0.0303. The van der Waals surface area contributed by atoms with Gasteiger partial charge in [0.05, 0.1) is 13.2 Å². The number of hydrogen-bond donors (Lipinski definition) is 3. The molecule has 0 aliphatic carbocycles. The molecule has 0 bridgehead atoms. The van der Waals surface area contributed by atoms with Crippen LogP contribution >= 0.6 is 0 Å².